The van der Waals surface area contributed by atoms with Gasteiger partial charge >= 0.3 is 0 Å². The predicted molar refractivity (Wildman–Crippen MR) is 68.1 cm³/mol. The van der Waals surface area contributed by atoms with Crippen molar-refractivity contribution in [1.82, 2.24) is 4.90 Å². The molecule has 0 radical (unpaired) electrons. The van der Waals surface area contributed by atoms with Crippen LogP contribution in [0, 0.1) is 0 Å². The molecule has 3 rings (SSSR count). The number of benzene rings is 1. The van der Waals surface area contributed by atoms with Crippen molar-refractivity contribution in [2.45, 2.75) is 25.3 Å². The maximum absolute atomic E-state index is 12.4. The van der Waals surface area contributed by atoms with Crippen molar-refractivity contribution < 1.29 is 9.59 Å². The Labute approximate surface area is 106 Å². The van der Waals surface area contributed by atoms with Crippen LogP contribution in [0.4, 0.5) is 5.69 Å². The van der Waals surface area contributed by atoms with Gasteiger partial charge in [0.1, 0.15) is 0 Å². The molecule has 2 aliphatic rings. The summed E-state index contributed by atoms with van der Waals surface area (Å²) in [5, 5.41) is 0. The van der Waals surface area contributed by atoms with Gasteiger partial charge in [-0.25, -0.2) is 4.90 Å². The zero-order valence-electron chi connectivity index (χ0n) is 10.2. The molecule has 1 aromatic rings. The van der Waals surface area contributed by atoms with Crippen LogP contribution >= 0.6 is 0 Å². The normalized spacial score (nSPS) is 25.1. The second-order valence-electron chi connectivity index (χ2n) is 4.87. The molecular formula is C14H16N2O2. The van der Waals surface area contributed by atoms with Crippen molar-refractivity contribution in [3.63, 3.8) is 0 Å². The Bertz CT molecular complexity index is 466. The Hall–Kier alpha value is -1.68. The first-order chi connectivity index (χ1) is 8.77. The molecule has 94 valence electrons. The highest BCUT2D eigenvalue weighted by Crippen LogP contribution is 2.27. The molecule has 0 N–H and O–H groups in total. The molecule has 2 aliphatic heterocycles. The zero-order chi connectivity index (χ0) is 12.5. The first kappa shape index (κ1) is 11.4. The smallest absolute Gasteiger partial charge is 0.251 e. The standard InChI is InChI=1S/C14H16N2O2/c17-13-10-12(15-8-4-5-9-15)14(18)16(13)11-6-2-1-3-7-11/h1-3,6-7,12H,4-5,8-10H2. The lowest BCUT2D eigenvalue weighted by molar-refractivity contribution is -0.122. The fourth-order valence-electron chi connectivity index (χ4n) is 2.80. The van der Waals surface area contributed by atoms with Gasteiger partial charge in [0.2, 0.25) is 5.91 Å². The summed E-state index contributed by atoms with van der Waals surface area (Å²) >= 11 is 0. The van der Waals surface area contributed by atoms with Crippen LogP contribution in [0.3, 0.4) is 0 Å². The molecule has 2 amide bonds. The number of likely N-dealkylation sites (tertiary alicyclic amines) is 1. The van der Waals surface area contributed by atoms with E-state index in [2.05, 4.69) is 4.90 Å². The number of hydrogen-bond acceptors (Lipinski definition) is 3. The van der Waals surface area contributed by atoms with Gasteiger partial charge in [0.25, 0.3) is 5.91 Å². The zero-order valence-corrected chi connectivity index (χ0v) is 10.2. The summed E-state index contributed by atoms with van der Waals surface area (Å²) in [6, 6.07) is 8.95. The van der Waals surface area contributed by atoms with E-state index in [0.29, 0.717) is 12.1 Å². The number of anilines is 1. The first-order valence-electron chi connectivity index (χ1n) is 6.43. The van der Waals surface area contributed by atoms with Crippen LogP contribution in [0.25, 0.3) is 0 Å². The molecule has 1 atom stereocenters. The Morgan fingerprint density at radius 3 is 2.33 bits per heavy atom. The van der Waals surface area contributed by atoms with Gasteiger partial charge < -0.3 is 0 Å². The number of hydrogen-bond donors (Lipinski definition) is 0. The van der Waals surface area contributed by atoms with Crippen LogP contribution < -0.4 is 4.90 Å². The van der Waals surface area contributed by atoms with Gasteiger partial charge in [0.05, 0.1) is 18.2 Å². The minimum atomic E-state index is -0.236. The van der Waals surface area contributed by atoms with Gasteiger partial charge in [-0.05, 0) is 38.1 Å². The molecule has 4 nitrogen and oxygen atoms in total. The van der Waals surface area contributed by atoms with Crippen LogP contribution in [0.5, 0.6) is 0 Å². The van der Waals surface area contributed by atoms with Crippen LogP contribution in [-0.4, -0.2) is 35.8 Å². The summed E-state index contributed by atoms with van der Waals surface area (Å²) in [4.78, 5) is 27.9. The Balaban J connectivity index is 1.85. The average molecular weight is 244 g/mol. The molecule has 1 aromatic carbocycles. The number of nitrogens with zero attached hydrogens (tertiary/aromatic N) is 2. The summed E-state index contributed by atoms with van der Waals surface area (Å²) in [5.74, 6) is -0.142. The molecule has 0 saturated carbocycles. The minimum absolute atomic E-state index is 0.0619. The summed E-state index contributed by atoms with van der Waals surface area (Å²) in [7, 11) is 0. The molecule has 2 fully saturated rings. The molecule has 4 heteroatoms. The number of carbonyl (C=O) groups excluding carboxylic acids is 2. The van der Waals surface area contributed by atoms with Crippen molar-refractivity contribution in [2.24, 2.45) is 0 Å². The van der Waals surface area contributed by atoms with E-state index in [4.69, 9.17) is 0 Å². The molecule has 2 heterocycles. The van der Waals surface area contributed by atoms with E-state index in [1.54, 1.807) is 0 Å². The lowest BCUT2D eigenvalue weighted by Gasteiger charge is -2.21. The van der Waals surface area contributed by atoms with Gasteiger partial charge in [-0.15, -0.1) is 0 Å². The molecular weight excluding hydrogens is 228 g/mol. The van der Waals surface area contributed by atoms with E-state index in [1.807, 2.05) is 30.3 Å². The summed E-state index contributed by atoms with van der Waals surface area (Å²) in [6.45, 7) is 1.87. The van der Waals surface area contributed by atoms with Gasteiger partial charge in [0, 0.05) is 0 Å². The van der Waals surface area contributed by atoms with Gasteiger partial charge in [-0.1, -0.05) is 18.2 Å². The molecule has 0 aromatic heterocycles. The van der Waals surface area contributed by atoms with Crippen molar-refractivity contribution in [3.8, 4) is 0 Å². The van der Waals surface area contributed by atoms with Crippen molar-refractivity contribution >= 4 is 17.5 Å². The quantitative estimate of drug-likeness (QED) is 0.739. The van der Waals surface area contributed by atoms with Crippen LogP contribution in [0.2, 0.25) is 0 Å². The van der Waals surface area contributed by atoms with Crippen molar-refractivity contribution in [2.75, 3.05) is 18.0 Å². The number of rotatable bonds is 2. The molecule has 2 saturated heterocycles. The van der Waals surface area contributed by atoms with Crippen LogP contribution in [0.15, 0.2) is 30.3 Å². The third-order valence-corrected chi connectivity index (χ3v) is 3.72. The van der Waals surface area contributed by atoms with E-state index in [0.717, 1.165) is 25.9 Å². The van der Waals surface area contributed by atoms with Gasteiger partial charge in [-0.3, -0.25) is 14.5 Å². The summed E-state index contributed by atoms with van der Waals surface area (Å²) < 4.78 is 0. The average Bonchev–Trinajstić information content (AvgIpc) is 2.99. The molecule has 1 unspecified atom stereocenters. The molecule has 0 spiro atoms. The fourth-order valence-corrected chi connectivity index (χ4v) is 2.80. The Morgan fingerprint density at radius 1 is 1.00 bits per heavy atom. The maximum atomic E-state index is 12.4. The van der Waals surface area contributed by atoms with E-state index < -0.39 is 0 Å². The summed E-state index contributed by atoms with van der Waals surface area (Å²) in [5.41, 5.74) is 0.689. The van der Waals surface area contributed by atoms with Crippen molar-refractivity contribution in [1.29, 1.82) is 0 Å². The van der Waals surface area contributed by atoms with E-state index in [9.17, 15) is 9.59 Å². The van der Waals surface area contributed by atoms with E-state index in [-0.39, 0.29) is 17.9 Å². The number of carbonyl (C=O) groups is 2. The third kappa shape index (κ3) is 1.82. The van der Waals surface area contributed by atoms with Gasteiger partial charge in [0.15, 0.2) is 0 Å². The highest BCUT2D eigenvalue weighted by atomic mass is 16.2. The lowest BCUT2D eigenvalue weighted by atomic mass is 10.2. The molecule has 0 bridgehead atoms. The SMILES string of the molecule is O=C1CC(N2CCCC2)C(=O)N1c1ccccc1. The lowest BCUT2D eigenvalue weighted by Crippen LogP contribution is -2.40. The number of amides is 2. The molecule has 18 heavy (non-hydrogen) atoms. The maximum Gasteiger partial charge on any atom is 0.251 e. The second-order valence-corrected chi connectivity index (χ2v) is 4.87. The minimum Gasteiger partial charge on any atom is -0.292 e. The highest BCUT2D eigenvalue weighted by Gasteiger charge is 2.43. The fraction of sp³-hybridized carbons (Fsp3) is 0.429. The number of imide groups is 1. The topological polar surface area (TPSA) is 40.6 Å². The van der Waals surface area contributed by atoms with Gasteiger partial charge in [-0.2, -0.15) is 0 Å². The summed E-state index contributed by atoms with van der Waals surface area (Å²) in [6.07, 6.45) is 2.58. The van der Waals surface area contributed by atoms with Crippen LogP contribution in [-0.2, 0) is 9.59 Å². The third-order valence-electron chi connectivity index (χ3n) is 3.72. The first-order valence-corrected chi connectivity index (χ1v) is 6.43. The van der Waals surface area contributed by atoms with Crippen LogP contribution in [0.1, 0.15) is 19.3 Å². The highest BCUT2D eigenvalue weighted by molar-refractivity contribution is 6.22. The Kier molecular flexibility index (Phi) is 2.88. The predicted octanol–water partition coefficient (Wildman–Crippen LogP) is 1.41. The van der Waals surface area contributed by atoms with E-state index >= 15 is 0 Å². The second kappa shape index (κ2) is 4.53. The number of para-hydroxylation sites is 1. The molecule has 0 aliphatic carbocycles. The Morgan fingerprint density at radius 2 is 1.67 bits per heavy atom. The monoisotopic (exact) mass is 244 g/mol. The van der Waals surface area contributed by atoms with E-state index in [1.165, 1.54) is 4.90 Å². The largest absolute Gasteiger partial charge is 0.292 e. The van der Waals surface area contributed by atoms with Crippen molar-refractivity contribution in [3.05, 3.63) is 30.3 Å².